The van der Waals surface area contributed by atoms with E-state index < -0.39 is 17.6 Å². The van der Waals surface area contributed by atoms with Gasteiger partial charge >= 0.3 is 6.18 Å². The number of hydrogen-bond acceptors (Lipinski definition) is 5. The summed E-state index contributed by atoms with van der Waals surface area (Å²) in [6.45, 7) is 2.26. The smallest absolute Gasteiger partial charge is 0.325 e. The molecule has 3 aromatic rings. The largest absolute Gasteiger partial charge is 0.418 e. The van der Waals surface area contributed by atoms with Crippen molar-refractivity contribution in [3.63, 3.8) is 0 Å². The third-order valence-corrected chi connectivity index (χ3v) is 8.05. The second-order valence-electron chi connectivity index (χ2n) is 8.57. The van der Waals surface area contributed by atoms with E-state index in [2.05, 4.69) is 12.2 Å². The number of carbonyl (C=O) groups is 1. The van der Waals surface area contributed by atoms with Crippen molar-refractivity contribution in [2.24, 2.45) is 5.92 Å². The maximum atomic E-state index is 13.2. The monoisotopic (exact) mass is 477 g/mol. The Balaban J connectivity index is 1.40. The number of thioether (sulfide) groups is 1. The van der Waals surface area contributed by atoms with Crippen molar-refractivity contribution < 1.29 is 18.0 Å². The number of nitrogens with one attached hydrogen (secondary N) is 1. The molecule has 2 aliphatic rings. The second kappa shape index (κ2) is 8.33. The molecule has 2 heterocycles. The van der Waals surface area contributed by atoms with Gasteiger partial charge in [0.2, 0.25) is 5.91 Å². The summed E-state index contributed by atoms with van der Waals surface area (Å²) < 4.78 is 39.7. The number of benzene rings is 1. The molecule has 0 radical (unpaired) electrons. The molecule has 168 valence electrons. The van der Waals surface area contributed by atoms with Gasteiger partial charge in [-0.25, -0.2) is 9.97 Å². The van der Waals surface area contributed by atoms with Gasteiger partial charge in [0, 0.05) is 16.2 Å². The fraction of sp³-hybridized carbons (Fsp3) is 0.435. The molecule has 2 aromatic heterocycles. The van der Waals surface area contributed by atoms with E-state index in [4.69, 9.17) is 9.97 Å². The predicted octanol–water partition coefficient (Wildman–Crippen LogP) is 6.44. The number of aryl methyl sites for hydroxylation is 1. The van der Waals surface area contributed by atoms with Crippen LogP contribution in [0.25, 0.3) is 10.2 Å². The first-order valence-corrected chi connectivity index (χ1v) is 12.5. The Bertz CT molecular complexity index is 1190. The van der Waals surface area contributed by atoms with Gasteiger partial charge in [-0.3, -0.25) is 4.79 Å². The number of nitrogens with zero attached hydrogens (tertiary/aromatic N) is 2. The molecule has 5 rings (SSSR count). The van der Waals surface area contributed by atoms with Gasteiger partial charge in [0.15, 0.2) is 0 Å². The van der Waals surface area contributed by atoms with Crippen molar-refractivity contribution in [3.05, 3.63) is 46.1 Å². The van der Waals surface area contributed by atoms with Crippen LogP contribution >= 0.6 is 23.1 Å². The third kappa shape index (κ3) is 4.37. The molecule has 32 heavy (non-hydrogen) atoms. The highest BCUT2D eigenvalue weighted by molar-refractivity contribution is 8.00. The average Bonchev–Trinajstić information content (AvgIpc) is 3.52. The average molecular weight is 478 g/mol. The lowest BCUT2D eigenvalue weighted by atomic mass is 9.89. The van der Waals surface area contributed by atoms with Gasteiger partial charge in [-0.05, 0) is 55.7 Å². The van der Waals surface area contributed by atoms with Crippen LogP contribution < -0.4 is 5.32 Å². The van der Waals surface area contributed by atoms with Crippen LogP contribution in [0, 0.1) is 5.92 Å². The molecule has 0 bridgehead atoms. The second-order valence-corrected chi connectivity index (χ2v) is 10.6. The summed E-state index contributed by atoms with van der Waals surface area (Å²) in [4.78, 5) is 24.5. The van der Waals surface area contributed by atoms with E-state index in [9.17, 15) is 18.0 Å². The summed E-state index contributed by atoms with van der Waals surface area (Å²) in [5.41, 5.74) is 0.217. The number of anilines is 1. The summed E-state index contributed by atoms with van der Waals surface area (Å²) >= 11 is 3.02. The zero-order valence-electron chi connectivity index (χ0n) is 17.5. The maximum absolute atomic E-state index is 13.2. The molecule has 2 aliphatic carbocycles. The lowest BCUT2D eigenvalue weighted by Gasteiger charge is -2.18. The standard InChI is InChI=1S/C23H22F3N3OS2/c1-12-6-9-14-17(10-12)32-22-19(14)21(28-20(29-22)13-7-8-13)31-11-18(30)27-16-5-3-2-4-15(16)23(24,25)26/h2-5,12-13H,6-11H2,1H3,(H,27,30)/t12-/m0/s1. The van der Waals surface area contributed by atoms with Crippen LogP contribution in [0.3, 0.4) is 0 Å². The Hall–Kier alpha value is -2.13. The number of carbonyl (C=O) groups excluding carboxylic acids is 1. The first-order chi connectivity index (χ1) is 15.3. The van der Waals surface area contributed by atoms with E-state index in [0.29, 0.717) is 11.8 Å². The van der Waals surface area contributed by atoms with Gasteiger partial charge in [0.05, 0.1) is 17.0 Å². The maximum Gasteiger partial charge on any atom is 0.418 e. The lowest BCUT2D eigenvalue weighted by molar-refractivity contribution is -0.137. The minimum Gasteiger partial charge on any atom is -0.325 e. The van der Waals surface area contributed by atoms with Gasteiger partial charge in [0.25, 0.3) is 0 Å². The van der Waals surface area contributed by atoms with E-state index in [1.54, 1.807) is 11.3 Å². The van der Waals surface area contributed by atoms with E-state index in [0.717, 1.165) is 59.2 Å². The summed E-state index contributed by atoms with van der Waals surface area (Å²) in [6, 6.07) is 5.03. The van der Waals surface area contributed by atoms with E-state index in [1.165, 1.54) is 40.4 Å². The van der Waals surface area contributed by atoms with Crippen LogP contribution in [0.2, 0.25) is 0 Å². The molecule has 1 atom stereocenters. The van der Waals surface area contributed by atoms with Crippen LogP contribution in [0.15, 0.2) is 29.3 Å². The Labute approximate surface area is 192 Å². The zero-order valence-corrected chi connectivity index (χ0v) is 19.1. The topological polar surface area (TPSA) is 54.9 Å². The van der Waals surface area contributed by atoms with Crippen molar-refractivity contribution in [2.75, 3.05) is 11.1 Å². The fourth-order valence-electron chi connectivity index (χ4n) is 4.11. The molecule has 1 amide bonds. The third-order valence-electron chi connectivity index (χ3n) is 5.93. The van der Waals surface area contributed by atoms with Crippen LogP contribution in [0.5, 0.6) is 0 Å². The number of para-hydroxylation sites is 1. The van der Waals surface area contributed by atoms with Gasteiger partial charge in [-0.2, -0.15) is 13.2 Å². The number of rotatable bonds is 5. The molecule has 0 unspecified atom stereocenters. The van der Waals surface area contributed by atoms with Crippen molar-refractivity contribution >= 4 is 44.9 Å². The van der Waals surface area contributed by atoms with Crippen molar-refractivity contribution in [1.29, 1.82) is 0 Å². The van der Waals surface area contributed by atoms with Crippen molar-refractivity contribution in [3.8, 4) is 0 Å². The molecule has 1 saturated carbocycles. The first kappa shape index (κ1) is 21.7. The van der Waals surface area contributed by atoms with E-state index in [1.807, 2.05) is 0 Å². The SMILES string of the molecule is C[C@H]1CCc2c(sc3nc(C4CC4)nc(SCC(=O)Nc4ccccc4C(F)(F)F)c23)C1. The Morgan fingerprint density at radius 2 is 2.00 bits per heavy atom. The number of alkyl halides is 3. The van der Waals surface area contributed by atoms with Crippen LogP contribution in [0.4, 0.5) is 18.9 Å². The zero-order chi connectivity index (χ0) is 22.5. The molecule has 9 heteroatoms. The molecule has 1 fully saturated rings. The Morgan fingerprint density at radius 3 is 2.75 bits per heavy atom. The van der Waals surface area contributed by atoms with E-state index >= 15 is 0 Å². The van der Waals surface area contributed by atoms with Crippen LogP contribution in [-0.2, 0) is 23.8 Å². The fourth-order valence-corrected chi connectivity index (χ4v) is 6.43. The van der Waals surface area contributed by atoms with Gasteiger partial charge in [-0.15, -0.1) is 11.3 Å². The molecule has 0 aliphatic heterocycles. The lowest BCUT2D eigenvalue weighted by Crippen LogP contribution is -2.18. The number of halogens is 3. The number of fused-ring (bicyclic) bond motifs is 3. The normalized spacial score (nSPS) is 18.6. The highest BCUT2D eigenvalue weighted by Crippen LogP contribution is 2.44. The number of hydrogen-bond donors (Lipinski definition) is 1. The molecular weight excluding hydrogens is 455 g/mol. The summed E-state index contributed by atoms with van der Waals surface area (Å²) in [6.07, 6.45) is 0.748. The molecule has 0 spiro atoms. The predicted molar refractivity (Wildman–Crippen MR) is 121 cm³/mol. The highest BCUT2D eigenvalue weighted by Gasteiger charge is 2.34. The van der Waals surface area contributed by atoms with E-state index in [-0.39, 0.29) is 11.4 Å². The number of amides is 1. The van der Waals surface area contributed by atoms with Crippen molar-refractivity contribution in [2.45, 2.75) is 56.1 Å². The summed E-state index contributed by atoms with van der Waals surface area (Å²) in [5.74, 6) is 1.36. The summed E-state index contributed by atoms with van der Waals surface area (Å²) in [7, 11) is 0. The van der Waals surface area contributed by atoms with Gasteiger partial charge < -0.3 is 5.32 Å². The Kier molecular flexibility index (Phi) is 5.65. The van der Waals surface area contributed by atoms with Crippen LogP contribution in [-0.4, -0.2) is 21.6 Å². The number of aromatic nitrogens is 2. The first-order valence-electron chi connectivity index (χ1n) is 10.7. The minimum absolute atomic E-state index is 0.0105. The number of thiophene rings is 1. The van der Waals surface area contributed by atoms with Crippen LogP contribution in [0.1, 0.15) is 53.9 Å². The molecule has 1 N–H and O–H groups in total. The molecule has 1 aromatic carbocycles. The van der Waals surface area contributed by atoms with Crippen molar-refractivity contribution in [1.82, 2.24) is 9.97 Å². The highest BCUT2D eigenvalue weighted by atomic mass is 32.2. The quantitative estimate of drug-likeness (QED) is 0.339. The summed E-state index contributed by atoms with van der Waals surface area (Å²) in [5, 5.41) is 4.24. The van der Waals surface area contributed by atoms with Gasteiger partial charge in [-0.1, -0.05) is 30.8 Å². The molecular formula is C23H22F3N3OS2. The molecule has 0 saturated heterocycles. The molecule has 4 nitrogen and oxygen atoms in total. The Morgan fingerprint density at radius 1 is 1.22 bits per heavy atom. The minimum atomic E-state index is -4.53. The van der Waals surface area contributed by atoms with Gasteiger partial charge in [0.1, 0.15) is 15.7 Å².